The van der Waals surface area contributed by atoms with E-state index in [0.29, 0.717) is 55.9 Å². The van der Waals surface area contributed by atoms with Crippen LogP contribution in [0.1, 0.15) is 44.2 Å². The van der Waals surface area contributed by atoms with Crippen LogP contribution in [-0.4, -0.2) is 58.4 Å². The van der Waals surface area contributed by atoms with E-state index in [0.717, 1.165) is 17.5 Å². The third-order valence-electron chi connectivity index (χ3n) is 5.94. The zero-order chi connectivity index (χ0) is 29.9. The summed E-state index contributed by atoms with van der Waals surface area (Å²) in [5.74, 6) is 0.548. The van der Waals surface area contributed by atoms with Crippen molar-refractivity contribution in [2.45, 2.75) is 33.1 Å². The summed E-state index contributed by atoms with van der Waals surface area (Å²) in [7, 11) is 3.00. The third-order valence-corrected chi connectivity index (χ3v) is 7.12. The van der Waals surface area contributed by atoms with Gasteiger partial charge in [-0.05, 0) is 113 Å². The van der Waals surface area contributed by atoms with E-state index in [1.807, 2.05) is 12.2 Å². The van der Waals surface area contributed by atoms with Gasteiger partial charge in [-0.25, -0.2) is 9.59 Å². The van der Waals surface area contributed by atoms with Crippen LogP contribution in [0.5, 0.6) is 23.0 Å². The molecule has 3 rings (SSSR count). The predicted molar refractivity (Wildman–Crippen MR) is 160 cm³/mol. The molecule has 2 aromatic rings. The molecule has 41 heavy (non-hydrogen) atoms. The molecule has 1 fully saturated rings. The van der Waals surface area contributed by atoms with Crippen molar-refractivity contribution in [1.82, 2.24) is 0 Å². The van der Waals surface area contributed by atoms with E-state index >= 15 is 0 Å². The van der Waals surface area contributed by atoms with Crippen molar-refractivity contribution >= 4 is 61.7 Å². The molecule has 0 N–H and O–H groups in total. The van der Waals surface area contributed by atoms with Crippen LogP contribution in [-0.2, 0) is 23.9 Å². The normalized spacial score (nSPS) is 15.0. The molecule has 0 saturated heterocycles. The summed E-state index contributed by atoms with van der Waals surface area (Å²) in [6.07, 6.45) is 5.73. The molecule has 0 radical (unpaired) electrons. The van der Waals surface area contributed by atoms with Crippen LogP contribution in [0.2, 0.25) is 0 Å². The summed E-state index contributed by atoms with van der Waals surface area (Å²) in [5, 5.41) is 0. The highest BCUT2D eigenvalue weighted by Crippen LogP contribution is 2.40. The minimum absolute atomic E-state index is 0.0493. The number of esters is 2. The molecule has 1 aliphatic rings. The van der Waals surface area contributed by atoms with Gasteiger partial charge in [0.1, 0.15) is 0 Å². The first-order chi connectivity index (χ1) is 19.7. The first-order valence-corrected chi connectivity index (χ1v) is 14.6. The highest BCUT2D eigenvalue weighted by Gasteiger charge is 2.22. The quantitative estimate of drug-likeness (QED) is 0.186. The first kappa shape index (κ1) is 32.2. The van der Waals surface area contributed by atoms with Crippen LogP contribution in [0.4, 0.5) is 0 Å². The Morgan fingerprint density at radius 1 is 0.756 bits per heavy atom. The van der Waals surface area contributed by atoms with Gasteiger partial charge in [0, 0.05) is 11.1 Å². The fraction of sp³-hybridized carbons (Fsp3) is 0.367. The van der Waals surface area contributed by atoms with Gasteiger partial charge in [0.2, 0.25) is 0 Å². The van der Waals surface area contributed by atoms with Gasteiger partial charge in [-0.3, -0.25) is 4.79 Å². The molecule has 1 aliphatic carbocycles. The summed E-state index contributed by atoms with van der Waals surface area (Å²) in [6.45, 7) is 3.46. The summed E-state index contributed by atoms with van der Waals surface area (Å²) < 4.78 is 33.2. The topological polar surface area (TPSA) is 107 Å². The van der Waals surface area contributed by atoms with Crippen molar-refractivity contribution in [3.05, 3.63) is 55.5 Å². The van der Waals surface area contributed by atoms with Crippen LogP contribution in [0.3, 0.4) is 0 Å². The van der Waals surface area contributed by atoms with Gasteiger partial charge in [-0.2, -0.15) is 0 Å². The van der Waals surface area contributed by atoms with E-state index in [1.165, 1.54) is 14.2 Å². The SMILES string of the molecule is CCOC(=O)COc1c(Br)cc(/C=C2/CCC/C(=C\c3cc(Br)c(OCC(=O)OCC)c(OC)c3)C2=O)cc1OC. The fourth-order valence-corrected chi connectivity index (χ4v) is 5.32. The molecule has 0 atom stereocenters. The standard InChI is InChI=1S/C30H32Br2O9/c1-5-38-26(33)16-40-29-22(31)12-18(14-24(29)36-3)10-20-8-7-9-21(28(20)35)11-19-13-23(32)30(25(15-19)37-4)41-17-27(34)39-6-2/h10-15H,5-9,16-17H2,1-4H3/b20-10-,21-11+. The Morgan fingerprint density at radius 2 is 1.17 bits per heavy atom. The van der Waals surface area contributed by atoms with Gasteiger partial charge in [0.05, 0.1) is 36.4 Å². The molecule has 0 spiro atoms. The van der Waals surface area contributed by atoms with Crippen LogP contribution in [0.25, 0.3) is 12.2 Å². The second-order valence-electron chi connectivity index (χ2n) is 8.78. The molecule has 0 heterocycles. The third kappa shape index (κ3) is 8.84. The summed E-state index contributed by atoms with van der Waals surface area (Å²) in [6, 6.07) is 7.11. The van der Waals surface area contributed by atoms with Gasteiger partial charge < -0.3 is 28.4 Å². The first-order valence-electron chi connectivity index (χ1n) is 13.0. The fourth-order valence-electron chi connectivity index (χ4n) is 4.17. The predicted octanol–water partition coefficient (Wildman–Crippen LogP) is 6.33. The molecule has 0 aliphatic heterocycles. The number of Topliss-reactive ketones (excluding diaryl/α,β-unsaturated/α-hetero) is 1. The van der Waals surface area contributed by atoms with Crippen molar-refractivity contribution in [3.8, 4) is 23.0 Å². The zero-order valence-corrected chi connectivity index (χ0v) is 26.5. The number of rotatable bonds is 12. The largest absolute Gasteiger partial charge is 0.493 e. The maximum atomic E-state index is 13.5. The summed E-state index contributed by atoms with van der Waals surface area (Å²) in [4.78, 5) is 36.9. The number of hydrogen-bond donors (Lipinski definition) is 0. The van der Waals surface area contributed by atoms with Gasteiger partial charge in [0.25, 0.3) is 0 Å². The van der Waals surface area contributed by atoms with Crippen molar-refractivity contribution in [3.63, 3.8) is 0 Å². The molecular weight excluding hydrogens is 664 g/mol. The van der Waals surface area contributed by atoms with Crippen LogP contribution in [0.15, 0.2) is 44.4 Å². The minimum Gasteiger partial charge on any atom is -0.493 e. The molecule has 0 unspecified atom stereocenters. The molecule has 2 aromatic carbocycles. The molecule has 0 aromatic heterocycles. The number of ether oxygens (including phenoxy) is 6. The van der Waals surface area contributed by atoms with E-state index in [-0.39, 0.29) is 32.2 Å². The van der Waals surface area contributed by atoms with Gasteiger partial charge in [-0.1, -0.05) is 0 Å². The van der Waals surface area contributed by atoms with Crippen LogP contribution >= 0.6 is 31.9 Å². The Morgan fingerprint density at radius 3 is 1.54 bits per heavy atom. The smallest absolute Gasteiger partial charge is 0.344 e. The van der Waals surface area contributed by atoms with Crippen LogP contribution in [0, 0.1) is 0 Å². The maximum Gasteiger partial charge on any atom is 0.344 e. The molecule has 1 saturated carbocycles. The lowest BCUT2D eigenvalue weighted by Crippen LogP contribution is -2.15. The number of carbonyl (C=O) groups is 3. The number of benzene rings is 2. The summed E-state index contributed by atoms with van der Waals surface area (Å²) in [5.41, 5.74) is 2.82. The van der Waals surface area contributed by atoms with E-state index in [1.54, 1.807) is 38.1 Å². The number of allylic oxidation sites excluding steroid dienone is 2. The average molecular weight is 696 g/mol. The lowest BCUT2D eigenvalue weighted by Gasteiger charge is -2.18. The minimum atomic E-state index is -0.483. The van der Waals surface area contributed by atoms with E-state index < -0.39 is 11.9 Å². The zero-order valence-electron chi connectivity index (χ0n) is 23.3. The highest BCUT2D eigenvalue weighted by atomic mass is 79.9. The second-order valence-corrected chi connectivity index (χ2v) is 10.5. The van der Waals surface area contributed by atoms with Crippen molar-refractivity contribution in [1.29, 1.82) is 0 Å². The van der Waals surface area contributed by atoms with Gasteiger partial charge >= 0.3 is 11.9 Å². The summed E-state index contributed by atoms with van der Waals surface area (Å²) >= 11 is 6.96. The number of carbonyl (C=O) groups excluding carboxylic acids is 3. The van der Waals surface area contributed by atoms with Crippen molar-refractivity contribution < 1.29 is 42.8 Å². The molecule has 0 amide bonds. The Labute approximate surface area is 256 Å². The number of methoxy groups -OCH3 is 2. The highest BCUT2D eigenvalue weighted by molar-refractivity contribution is 9.11. The van der Waals surface area contributed by atoms with E-state index in [2.05, 4.69) is 31.9 Å². The number of ketones is 1. The molecule has 0 bridgehead atoms. The second kappa shape index (κ2) is 15.6. The molecule has 220 valence electrons. The Hall–Kier alpha value is -3.31. The maximum absolute atomic E-state index is 13.5. The Kier molecular flexibility index (Phi) is 12.3. The average Bonchev–Trinajstić information content (AvgIpc) is 2.93. The Bertz CT molecular complexity index is 1250. The van der Waals surface area contributed by atoms with E-state index in [9.17, 15) is 14.4 Å². The lowest BCUT2D eigenvalue weighted by molar-refractivity contribution is -0.146. The van der Waals surface area contributed by atoms with E-state index in [4.69, 9.17) is 28.4 Å². The number of halogens is 2. The molecule has 11 heteroatoms. The van der Waals surface area contributed by atoms with Gasteiger partial charge in [-0.15, -0.1) is 0 Å². The molecule has 9 nitrogen and oxygen atoms in total. The lowest BCUT2D eigenvalue weighted by atomic mass is 9.87. The van der Waals surface area contributed by atoms with Crippen molar-refractivity contribution in [2.24, 2.45) is 0 Å². The molecular formula is C30H32Br2O9. The Balaban J connectivity index is 1.83. The van der Waals surface area contributed by atoms with Crippen LogP contribution < -0.4 is 18.9 Å². The van der Waals surface area contributed by atoms with Crippen molar-refractivity contribution in [2.75, 3.05) is 40.6 Å². The monoisotopic (exact) mass is 694 g/mol. The number of hydrogen-bond acceptors (Lipinski definition) is 9. The van der Waals surface area contributed by atoms with Gasteiger partial charge in [0.15, 0.2) is 42.0 Å².